The predicted octanol–water partition coefficient (Wildman–Crippen LogP) is 1.82. The third-order valence-electron chi connectivity index (χ3n) is 4.43. The van der Waals surface area contributed by atoms with Crippen LogP contribution in [0.2, 0.25) is 0 Å². The van der Waals surface area contributed by atoms with E-state index in [1.165, 1.54) is 12.0 Å². The molecule has 2 atom stereocenters. The van der Waals surface area contributed by atoms with Gasteiger partial charge in [0.05, 0.1) is 12.6 Å². The van der Waals surface area contributed by atoms with Gasteiger partial charge in [0, 0.05) is 26.7 Å². The van der Waals surface area contributed by atoms with Crippen molar-refractivity contribution in [3.8, 4) is 0 Å². The molecule has 0 radical (unpaired) electrons. The quantitative estimate of drug-likeness (QED) is 0.830. The summed E-state index contributed by atoms with van der Waals surface area (Å²) in [5, 5.41) is 4.29. The third kappa shape index (κ3) is 2.90. The van der Waals surface area contributed by atoms with E-state index in [-0.39, 0.29) is 6.04 Å². The number of thiophene rings is 1. The molecule has 0 aliphatic carbocycles. The fourth-order valence-corrected chi connectivity index (χ4v) is 3.99. The number of ether oxygens (including phenoxy) is 1. The van der Waals surface area contributed by atoms with Gasteiger partial charge in [-0.1, -0.05) is 0 Å². The van der Waals surface area contributed by atoms with Gasteiger partial charge in [0.2, 0.25) is 5.91 Å². The second-order valence-electron chi connectivity index (χ2n) is 5.79. The van der Waals surface area contributed by atoms with Crippen LogP contribution in [-0.2, 0) is 16.1 Å². The Morgan fingerprint density at radius 1 is 1.50 bits per heavy atom. The first-order valence-corrected chi connectivity index (χ1v) is 8.25. The Morgan fingerprint density at radius 2 is 2.40 bits per heavy atom. The molecule has 110 valence electrons. The Bertz CT molecular complexity index is 449. The van der Waals surface area contributed by atoms with E-state index >= 15 is 0 Å². The average molecular weight is 294 g/mol. The lowest BCUT2D eigenvalue weighted by atomic mass is 9.85. The maximum absolute atomic E-state index is 12.6. The Kier molecular flexibility index (Phi) is 4.38. The van der Waals surface area contributed by atoms with Crippen LogP contribution in [0, 0.1) is 5.92 Å². The summed E-state index contributed by atoms with van der Waals surface area (Å²) in [6.07, 6.45) is 2.24. The summed E-state index contributed by atoms with van der Waals surface area (Å²) in [4.78, 5) is 17.0. The van der Waals surface area contributed by atoms with Crippen LogP contribution >= 0.6 is 11.3 Å². The molecule has 1 amide bonds. The highest BCUT2D eigenvalue weighted by Gasteiger charge is 2.40. The molecule has 5 heteroatoms. The second-order valence-corrected chi connectivity index (χ2v) is 6.57. The molecule has 2 bridgehead atoms. The third-order valence-corrected chi connectivity index (χ3v) is 5.16. The van der Waals surface area contributed by atoms with Gasteiger partial charge in [-0.3, -0.25) is 9.69 Å². The van der Waals surface area contributed by atoms with Crippen LogP contribution in [0.3, 0.4) is 0 Å². The van der Waals surface area contributed by atoms with E-state index in [0.717, 1.165) is 32.6 Å². The zero-order valence-corrected chi connectivity index (χ0v) is 12.8. The van der Waals surface area contributed by atoms with Crippen molar-refractivity contribution in [2.75, 3.05) is 33.4 Å². The van der Waals surface area contributed by atoms with Crippen LogP contribution in [0.15, 0.2) is 16.8 Å². The first kappa shape index (κ1) is 14.0. The highest BCUT2D eigenvalue weighted by atomic mass is 32.1. The van der Waals surface area contributed by atoms with Gasteiger partial charge in [0.1, 0.15) is 0 Å². The molecule has 2 saturated heterocycles. The van der Waals surface area contributed by atoms with Gasteiger partial charge < -0.3 is 9.64 Å². The number of carbonyl (C=O) groups excluding carboxylic acids is 1. The molecule has 0 spiro atoms. The number of methoxy groups -OCH3 is 1. The average Bonchev–Trinajstić information content (AvgIpc) is 2.96. The molecule has 0 unspecified atom stereocenters. The van der Waals surface area contributed by atoms with E-state index in [1.54, 1.807) is 18.4 Å². The van der Waals surface area contributed by atoms with Crippen molar-refractivity contribution < 1.29 is 9.53 Å². The van der Waals surface area contributed by atoms with E-state index in [0.29, 0.717) is 18.4 Å². The molecular formula is C15H22N2O2S. The van der Waals surface area contributed by atoms with Crippen molar-refractivity contribution in [2.24, 2.45) is 5.92 Å². The molecule has 2 aliphatic heterocycles. The first-order valence-electron chi connectivity index (χ1n) is 7.31. The van der Waals surface area contributed by atoms with Gasteiger partial charge in [0.15, 0.2) is 0 Å². The molecule has 3 rings (SSSR count). The molecule has 1 aromatic heterocycles. The van der Waals surface area contributed by atoms with Crippen molar-refractivity contribution in [1.82, 2.24) is 9.80 Å². The standard InChI is InChI=1S/C15H22N2O2S/c1-19-6-5-17-9-12-2-4-16(14(8-12)15(17)18)10-13-3-7-20-11-13/h3,7,11-12,14H,2,4-6,8-10H2,1H3/t12-,14+/m0/s1. The summed E-state index contributed by atoms with van der Waals surface area (Å²) in [5.74, 6) is 0.974. The lowest BCUT2D eigenvalue weighted by Crippen LogP contribution is -2.58. The highest BCUT2D eigenvalue weighted by molar-refractivity contribution is 7.07. The number of fused-ring (bicyclic) bond motifs is 2. The lowest BCUT2D eigenvalue weighted by Gasteiger charge is -2.46. The first-order chi connectivity index (χ1) is 9.78. The van der Waals surface area contributed by atoms with Crippen LogP contribution in [-0.4, -0.2) is 55.1 Å². The molecule has 0 aromatic carbocycles. The van der Waals surface area contributed by atoms with E-state index in [1.807, 2.05) is 4.90 Å². The molecule has 1 aromatic rings. The monoisotopic (exact) mass is 294 g/mol. The molecule has 20 heavy (non-hydrogen) atoms. The van der Waals surface area contributed by atoms with Gasteiger partial charge in [-0.25, -0.2) is 0 Å². The summed E-state index contributed by atoms with van der Waals surface area (Å²) in [6.45, 7) is 4.25. The van der Waals surface area contributed by atoms with Gasteiger partial charge in [-0.15, -0.1) is 0 Å². The van der Waals surface area contributed by atoms with Crippen LogP contribution in [0.25, 0.3) is 0 Å². The largest absolute Gasteiger partial charge is 0.383 e. The number of likely N-dealkylation sites (tertiary alicyclic amines) is 2. The minimum absolute atomic E-state index is 0.0826. The highest BCUT2D eigenvalue weighted by Crippen LogP contribution is 2.31. The van der Waals surface area contributed by atoms with Gasteiger partial charge in [-0.2, -0.15) is 11.3 Å². The van der Waals surface area contributed by atoms with Gasteiger partial charge in [-0.05, 0) is 47.7 Å². The summed E-state index contributed by atoms with van der Waals surface area (Å²) in [6, 6.07) is 2.24. The molecule has 0 saturated carbocycles. The SMILES string of the molecule is COCCN1C[C@H]2CCN(Cc3ccsc3)[C@H](C2)C1=O. The van der Waals surface area contributed by atoms with Gasteiger partial charge in [0.25, 0.3) is 0 Å². The van der Waals surface area contributed by atoms with Crippen LogP contribution < -0.4 is 0 Å². The van der Waals surface area contributed by atoms with Crippen molar-refractivity contribution in [3.05, 3.63) is 22.4 Å². The number of rotatable bonds is 5. The van der Waals surface area contributed by atoms with E-state index in [4.69, 9.17) is 4.74 Å². The number of amides is 1. The number of hydrogen-bond acceptors (Lipinski definition) is 4. The van der Waals surface area contributed by atoms with Crippen LogP contribution in [0.5, 0.6) is 0 Å². The summed E-state index contributed by atoms with van der Waals surface area (Å²) in [7, 11) is 1.69. The van der Waals surface area contributed by atoms with E-state index < -0.39 is 0 Å². The topological polar surface area (TPSA) is 32.8 Å². The zero-order valence-electron chi connectivity index (χ0n) is 12.0. The number of hydrogen-bond donors (Lipinski definition) is 0. The van der Waals surface area contributed by atoms with E-state index in [2.05, 4.69) is 21.7 Å². The molecule has 0 N–H and O–H groups in total. The smallest absolute Gasteiger partial charge is 0.240 e. The van der Waals surface area contributed by atoms with Crippen LogP contribution in [0.4, 0.5) is 0 Å². The number of piperidine rings is 2. The minimum atomic E-state index is 0.0826. The number of nitrogens with zero attached hydrogens (tertiary/aromatic N) is 2. The second kappa shape index (κ2) is 6.24. The molecule has 3 heterocycles. The Labute approximate surface area is 124 Å². The van der Waals surface area contributed by atoms with Crippen molar-refractivity contribution in [3.63, 3.8) is 0 Å². The maximum Gasteiger partial charge on any atom is 0.240 e. The molecular weight excluding hydrogens is 272 g/mol. The Hall–Kier alpha value is -0.910. The predicted molar refractivity (Wildman–Crippen MR) is 79.7 cm³/mol. The zero-order chi connectivity index (χ0) is 13.9. The fraction of sp³-hybridized carbons (Fsp3) is 0.667. The number of carbonyl (C=O) groups is 1. The summed E-state index contributed by atoms with van der Waals surface area (Å²) < 4.78 is 5.12. The summed E-state index contributed by atoms with van der Waals surface area (Å²) >= 11 is 1.73. The van der Waals surface area contributed by atoms with E-state index in [9.17, 15) is 4.79 Å². The Balaban J connectivity index is 1.67. The van der Waals surface area contributed by atoms with Gasteiger partial charge >= 0.3 is 0 Å². The fourth-order valence-electron chi connectivity index (χ4n) is 3.33. The molecule has 2 aliphatic rings. The lowest BCUT2D eigenvalue weighted by molar-refractivity contribution is -0.146. The van der Waals surface area contributed by atoms with Crippen molar-refractivity contribution >= 4 is 17.2 Å². The normalized spacial score (nSPS) is 27.1. The Morgan fingerprint density at radius 3 is 3.15 bits per heavy atom. The maximum atomic E-state index is 12.6. The van der Waals surface area contributed by atoms with Crippen molar-refractivity contribution in [1.29, 1.82) is 0 Å². The molecule has 2 fully saturated rings. The van der Waals surface area contributed by atoms with Crippen molar-refractivity contribution in [2.45, 2.75) is 25.4 Å². The summed E-state index contributed by atoms with van der Waals surface area (Å²) in [5.41, 5.74) is 1.33. The molecule has 4 nitrogen and oxygen atoms in total. The van der Waals surface area contributed by atoms with Crippen LogP contribution in [0.1, 0.15) is 18.4 Å². The minimum Gasteiger partial charge on any atom is -0.383 e.